The lowest BCUT2D eigenvalue weighted by Gasteiger charge is -2.08. The Morgan fingerprint density at radius 2 is 1.78 bits per heavy atom. The highest BCUT2D eigenvalue weighted by molar-refractivity contribution is 5.93. The number of nitrogens with one attached hydrogen (secondary N) is 2. The van der Waals surface area contributed by atoms with Gasteiger partial charge in [0.15, 0.2) is 0 Å². The van der Waals surface area contributed by atoms with Gasteiger partial charge in [0, 0.05) is 18.7 Å². The summed E-state index contributed by atoms with van der Waals surface area (Å²) in [6.07, 6.45) is 2.92. The number of anilines is 1. The van der Waals surface area contributed by atoms with Gasteiger partial charge in [0.05, 0.1) is 7.11 Å². The van der Waals surface area contributed by atoms with Gasteiger partial charge >= 0.3 is 12.0 Å². The van der Waals surface area contributed by atoms with Crippen molar-refractivity contribution in [2.45, 2.75) is 25.7 Å². The van der Waals surface area contributed by atoms with Crippen LogP contribution >= 0.6 is 0 Å². The zero-order valence-corrected chi connectivity index (χ0v) is 13.3. The van der Waals surface area contributed by atoms with E-state index in [4.69, 9.17) is 0 Å². The van der Waals surface area contributed by atoms with E-state index in [1.165, 1.54) is 7.11 Å². The Kier molecular flexibility index (Phi) is 6.41. The molecule has 23 heavy (non-hydrogen) atoms. The molecule has 0 saturated heterocycles. The molecule has 0 saturated carbocycles. The van der Waals surface area contributed by atoms with Crippen LogP contribution in [-0.4, -0.2) is 25.7 Å². The molecule has 2 aromatic carbocycles. The molecule has 2 amide bonds. The molecule has 5 heteroatoms. The third kappa shape index (κ3) is 5.62. The Morgan fingerprint density at radius 3 is 2.57 bits per heavy atom. The topological polar surface area (TPSA) is 67.4 Å². The number of fused-ring (bicyclic) bond motifs is 1. The number of esters is 1. The number of unbranched alkanes of at least 4 members (excludes halogenated alkanes) is 2. The van der Waals surface area contributed by atoms with Crippen LogP contribution in [0.1, 0.15) is 25.7 Å². The number of hydrogen-bond donors (Lipinski definition) is 2. The van der Waals surface area contributed by atoms with Gasteiger partial charge in [0.25, 0.3) is 0 Å². The molecule has 0 spiro atoms. The summed E-state index contributed by atoms with van der Waals surface area (Å²) in [6.45, 7) is 0.584. The SMILES string of the molecule is COC(=O)CCCCCNC(=O)Nc1ccc2ccccc2c1. The number of benzene rings is 2. The van der Waals surface area contributed by atoms with Crippen molar-refractivity contribution in [3.05, 3.63) is 42.5 Å². The first-order valence-corrected chi connectivity index (χ1v) is 7.79. The molecule has 0 bridgehead atoms. The Balaban J connectivity index is 1.68. The lowest BCUT2D eigenvalue weighted by atomic mass is 10.1. The van der Waals surface area contributed by atoms with Gasteiger partial charge in [-0.25, -0.2) is 4.79 Å². The summed E-state index contributed by atoms with van der Waals surface area (Å²) in [5, 5.41) is 7.88. The monoisotopic (exact) mass is 314 g/mol. The van der Waals surface area contributed by atoms with Crippen LogP contribution in [0, 0.1) is 0 Å². The molecule has 2 rings (SSSR count). The van der Waals surface area contributed by atoms with E-state index in [0.717, 1.165) is 35.7 Å². The first-order valence-electron chi connectivity index (χ1n) is 7.79. The first-order chi connectivity index (χ1) is 11.2. The zero-order valence-electron chi connectivity index (χ0n) is 13.3. The van der Waals surface area contributed by atoms with Gasteiger partial charge in [-0.05, 0) is 35.7 Å². The maximum absolute atomic E-state index is 11.8. The summed E-state index contributed by atoms with van der Waals surface area (Å²) in [5.74, 6) is -0.188. The molecule has 5 nitrogen and oxygen atoms in total. The van der Waals surface area contributed by atoms with Gasteiger partial charge < -0.3 is 15.4 Å². The van der Waals surface area contributed by atoms with Crippen LogP contribution in [0.2, 0.25) is 0 Å². The van der Waals surface area contributed by atoms with Crippen molar-refractivity contribution in [2.24, 2.45) is 0 Å². The minimum Gasteiger partial charge on any atom is -0.469 e. The Bertz CT molecular complexity index is 670. The highest BCUT2D eigenvalue weighted by atomic mass is 16.5. The lowest BCUT2D eigenvalue weighted by molar-refractivity contribution is -0.140. The molecule has 0 fully saturated rings. The molecular formula is C18H22N2O3. The van der Waals surface area contributed by atoms with Crippen LogP contribution in [0.3, 0.4) is 0 Å². The second-order valence-electron chi connectivity index (χ2n) is 5.33. The summed E-state index contributed by atoms with van der Waals surface area (Å²) in [4.78, 5) is 22.8. The first kappa shape index (κ1) is 16.8. The van der Waals surface area contributed by atoms with Crippen molar-refractivity contribution >= 4 is 28.5 Å². The Morgan fingerprint density at radius 1 is 1.00 bits per heavy atom. The van der Waals surface area contributed by atoms with Gasteiger partial charge in [-0.2, -0.15) is 0 Å². The average molecular weight is 314 g/mol. The maximum atomic E-state index is 11.8. The highest BCUT2D eigenvalue weighted by Gasteiger charge is 2.03. The number of carbonyl (C=O) groups is 2. The third-order valence-electron chi connectivity index (χ3n) is 3.58. The van der Waals surface area contributed by atoms with E-state index in [-0.39, 0.29) is 12.0 Å². The van der Waals surface area contributed by atoms with Gasteiger partial charge in [-0.3, -0.25) is 4.79 Å². The smallest absolute Gasteiger partial charge is 0.319 e. The molecule has 0 aliphatic rings. The van der Waals surface area contributed by atoms with Crippen molar-refractivity contribution in [1.29, 1.82) is 0 Å². The molecule has 0 heterocycles. The van der Waals surface area contributed by atoms with E-state index < -0.39 is 0 Å². The maximum Gasteiger partial charge on any atom is 0.319 e. The van der Waals surface area contributed by atoms with Crippen LogP contribution in [0.15, 0.2) is 42.5 Å². The van der Waals surface area contributed by atoms with Gasteiger partial charge in [-0.1, -0.05) is 36.8 Å². The summed E-state index contributed by atoms with van der Waals surface area (Å²) < 4.78 is 4.57. The fraction of sp³-hybridized carbons (Fsp3) is 0.333. The molecule has 122 valence electrons. The summed E-state index contributed by atoms with van der Waals surface area (Å²) in [7, 11) is 1.39. The molecule has 0 aromatic heterocycles. The number of amides is 2. The lowest BCUT2D eigenvalue weighted by Crippen LogP contribution is -2.29. The second-order valence-corrected chi connectivity index (χ2v) is 5.33. The Labute approximate surface area is 136 Å². The van der Waals surface area contributed by atoms with Crippen molar-refractivity contribution in [1.82, 2.24) is 5.32 Å². The van der Waals surface area contributed by atoms with Crippen molar-refractivity contribution in [3.63, 3.8) is 0 Å². The molecule has 0 aliphatic carbocycles. The summed E-state index contributed by atoms with van der Waals surface area (Å²) >= 11 is 0. The number of rotatable bonds is 7. The van der Waals surface area contributed by atoms with Crippen LogP contribution < -0.4 is 10.6 Å². The van der Waals surface area contributed by atoms with Gasteiger partial charge in [-0.15, -0.1) is 0 Å². The van der Waals surface area contributed by atoms with Gasteiger partial charge in [0.1, 0.15) is 0 Å². The standard InChI is InChI=1S/C18H22N2O3/c1-23-17(21)9-3-2-6-12-19-18(22)20-16-11-10-14-7-4-5-8-15(14)13-16/h4-5,7-8,10-11,13H,2-3,6,9,12H2,1H3,(H2,19,20,22). The largest absolute Gasteiger partial charge is 0.469 e. The van der Waals surface area contributed by atoms with E-state index in [0.29, 0.717) is 13.0 Å². The number of methoxy groups -OCH3 is 1. The van der Waals surface area contributed by atoms with Crippen molar-refractivity contribution in [3.8, 4) is 0 Å². The molecule has 2 aromatic rings. The van der Waals surface area contributed by atoms with Gasteiger partial charge in [0.2, 0.25) is 0 Å². The molecule has 0 unspecified atom stereocenters. The minimum absolute atomic E-state index is 0.188. The number of carbonyl (C=O) groups excluding carboxylic acids is 2. The number of ether oxygens (including phenoxy) is 1. The summed E-state index contributed by atoms with van der Waals surface area (Å²) in [6, 6.07) is 13.6. The quantitative estimate of drug-likeness (QED) is 0.605. The van der Waals surface area contributed by atoms with Crippen LogP contribution in [-0.2, 0) is 9.53 Å². The third-order valence-corrected chi connectivity index (χ3v) is 3.58. The minimum atomic E-state index is -0.215. The van der Waals surface area contributed by atoms with Crippen molar-refractivity contribution in [2.75, 3.05) is 19.0 Å². The van der Waals surface area contributed by atoms with Crippen LogP contribution in [0.5, 0.6) is 0 Å². The molecular weight excluding hydrogens is 292 g/mol. The molecule has 2 N–H and O–H groups in total. The average Bonchev–Trinajstić information content (AvgIpc) is 2.57. The summed E-state index contributed by atoms with van der Waals surface area (Å²) in [5.41, 5.74) is 0.770. The fourth-order valence-electron chi connectivity index (χ4n) is 2.32. The second kappa shape index (κ2) is 8.78. The number of urea groups is 1. The van der Waals surface area contributed by atoms with E-state index >= 15 is 0 Å². The fourth-order valence-corrected chi connectivity index (χ4v) is 2.32. The van der Waals surface area contributed by atoms with Crippen LogP contribution in [0.25, 0.3) is 10.8 Å². The van der Waals surface area contributed by atoms with Crippen LogP contribution in [0.4, 0.5) is 10.5 Å². The molecule has 0 aliphatic heterocycles. The molecule has 0 radical (unpaired) electrons. The van der Waals surface area contributed by atoms with Crippen molar-refractivity contribution < 1.29 is 14.3 Å². The van der Waals surface area contributed by atoms with E-state index in [1.807, 2.05) is 42.5 Å². The predicted molar refractivity (Wildman–Crippen MR) is 91.5 cm³/mol. The van der Waals surface area contributed by atoms with E-state index in [2.05, 4.69) is 15.4 Å². The number of hydrogen-bond acceptors (Lipinski definition) is 3. The Hall–Kier alpha value is -2.56. The molecule has 0 atom stereocenters. The highest BCUT2D eigenvalue weighted by Crippen LogP contribution is 2.18. The zero-order chi connectivity index (χ0) is 16.5. The predicted octanol–water partition coefficient (Wildman–Crippen LogP) is 3.69. The van der Waals surface area contributed by atoms with E-state index in [1.54, 1.807) is 0 Å². The van der Waals surface area contributed by atoms with E-state index in [9.17, 15) is 9.59 Å². The normalized spacial score (nSPS) is 10.3.